The predicted octanol–water partition coefficient (Wildman–Crippen LogP) is 1.54. The Hall–Kier alpha value is 0.367. The van der Waals surface area contributed by atoms with E-state index in [0.717, 1.165) is 0 Å². The molecule has 1 saturated heterocycles. The highest BCUT2D eigenvalue weighted by molar-refractivity contribution is 7.63. The third kappa shape index (κ3) is 3.54. The number of hydrogen-bond donors (Lipinski definition) is 1. The van der Waals surface area contributed by atoms with E-state index in [2.05, 4.69) is 19.6 Å². The average molecular weight is 221 g/mol. The summed E-state index contributed by atoms with van der Waals surface area (Å²) in [7, 11) is -3.50. The Balaban J connectivity index is 2.59. The van der Waals surface area contributed by atoms with Gasteiger partial charge in [0, 0.05) is 18.4 Å². The zero-order valence-electron chi connectivity index (χ0n) is 8.91. The number of rotatable bonds is 2. The number of hydrogen-bond acceptors (Lipinski definition) is 3. The molecule has 0 bridgehead atoms. The quantitative estimate of drug-likeness (QED) is 0.568. The lowest BCUT2D eigenvalue weighted by molar-refractivity contribution is 0.202. The van der Waals surface area contributed by atoms with Gasteiger partial charge in [0.05, 0.1) is 13.2 Å². The van der Waals surface area contributed by atoms with Crippen LogP contribution in [0.4, 0.5) is 0 Å². The second-order valence-corrected chi connectivity index (χ2v) is 12.9. The first-order valence-corrected chi connectivity index (χ1v) is 10.6. The van der Waals surface area contributed by atoms with Crippen LogP contribution >= 0.6 is 7.14 Å². The van der Waals surface area contributed by atoms with Gasteiger partial charge in [-0.15, -0.1) is 0 Å². The lowest BCUT2D eigenvalue weighted by Crippen LogP contribution is -2.42. The molecule has 1 rings (SSSR count). The van der Waals surface area contributed by atoms with Crippen molar-refractivity contribution in [2.45, 2.75) is 31.8 Å². The molecule has 1 aliphatic heterocycles. The summed E-state index contributed by atoms with van der Waals surface area (Å²) in [5, 5.41) is 0. The van der Waals surface area contributed by atoms with Crippen LogP contribution in [0.15, 0.2) is 0 Å². The van der Waals surface area contributed by atoms with Crippen molar-refractivity contribution in [3.8, 4) is 0 Å². The van der Waals surface area contributed by atoms with Crippen LogP contribution < -0.4 is 5.73 Å². The van der Waals surface area contributed by atoms with Crippen LogP contribution in [0, 0.1) is 0 Å². The van der Waals surface area contributed by atoms with E-state index in [-0.39, 0.29) is 12.1 Å². The van der Waals surface area contributed by atoms with E-state index in [1.807, 2.05) is 6.66 Å². The molecule has 0 aliphatic carbocycles. The Morgan fingerprint density at radius 1 is 1.38 bits per heavy atom. The molecule has 0 spiro atoms. The monoisotopic (exact) mass is 221 g/mol. The summed E-state index contributed by atoms with van der Waals surface area (Å²) in [6.07, 6.45) is 1.38. The minimum Gasteiger partial charge on any atom is -0.413 e. The molecule has 1 heterocycles. The summed E-state index contributed by atoms with van der Waals surface area (Å²) in [4.78, 5) is 0. The molecule has 0 radical (unpaired) electrons. The van der Waals surface area contributed by atoms with Crippen LogP contribution in [0.2, 0.25) is 19.6 Å². The highest BCUT2D eigenvalue weighted by atomic mass is 31.2. The van der Waals surface area contributed by atoms with Crippen molar-refractivity contribution >= 4 is 15.5 Å². The van der Waals surface area contributed by atoms with Gasteiger partial charge < -0.3 is 14.7 Å². The Morgan fingerprint density at radius 2 is 1.92 bits per heavy atom. The van der Waals surface area contributed by atoms with E-state index < -0.39 is 15.5 Å². The van der Waals surface area contributed by atoms with Crippen LogP contribution in [0.1, 0.15) is 0 Å². The van der Waals surface area contributed by atoms with E-state index >= 15 is 0 Å². The van der Waals surface area contributed by atoms with Gasteiger partial charge >= 0.3 is 0 Å². The van der Waals surface area contributed by atoms with Gasteiger partial charge in [0.25, 0.3) is 0 Å². The number of nitrogens with two attached hydrogens (primary N) is 1. The van der Waals surface area contributed by atoms with Gasteiger partial charge in [-0.3, -0.25) is 0 Å². The highest BCUT2D eigenvalue weighted by Crippen LogP contribution is 2.48. The Morgan fingerprint density at radius 3 is 2.23 bits per heavy atom. The maximum Gasteiger partial charge on any atom is 0.184 e. The zero-order chi connectivity index (χ0) is 10.3. The van der Waals surface area contributed by atoms with E-state index in [1.165, 1.54) is 0 Å². The standard InChI is InChI=1S/C8H20NO2PSi/c1-12(10)5-7(9)8(6-12)11-13(2,3)4/h7-8H,5-6,9H2,1-4H3/t7-,8-,12?/m1/s1. The summed E-state index contributed by atoms with van der Waals surface area (Å²) in [6.45, 7) is 8.25. The molecule has 1 aliphatic rings. The maximum atomic E-state index is 11.8. The van der Waals surface area contributed by atoms with Gasteiger partial charge in [0.2, 0.25) is 0 Å². The van der Waals surface area contributed by atoms with Crippen LogP contribution in [-0.2, 0) is 8.99 Å². The molecule has 0 aromatic rings. The van der Waals surface area contributed by atoms with Gasteiger partial charge in [-0.1, -0.05) is 0 Å². The van der Waals surface area contributed by atoms with Crippen molar-refractivity contribution in [1.82, 2.24) is 0 Å². The summed E-state index contributed by atoms with van der Waals surface area (Å²) in [5.41, 5.74) is 5.89. The highest BCUT2D eigenvalue weighted by Gasteiger charge is 2.39. The predicted molar refractivity (Wildman–Crippen MR) is 59.5 cm³/mol. The molecule has 0 saturated carbocycles. The molecular formula is C8H20NO2PSi. The van der Waals surface area contributed by atoms with Crippen molar-refractivity contribution in [3.63, 3.8) is 0 Å². The molecule has 0 amide bonds. The minimum absolute atomic E-state index is 0.0115. The molecule has 1 fully saturated rings. The van der Waals surface area contributed by atoms with Gasteiger partial charge in [0.1, 0.15) is 0 Å². The molecule has 1 unspecified atom stereocenters. The van der Waals surface area contributed by atoms with E-state index in [1.54, 1.807) is 0 Å². The molecule has 2 N–H and O–H groups in total. The van der Waals surface area contributed by atoms with Crippen LogP contribution in [0.25, 0.3) is 0 Å². The van der Waals surface area contributed by atoms with Gasteiger partial charge in [-0.2, -0.15) is 0 Å². The SMILES string of the molecule is C[Si](C)(C)O[C@@H]1CP(C)(=O)C[C@H]1N. The first-order chi connectivity index (χ1) is 5.70. The molecule has 3 atom stereocenters. The van der Waals surface area contributed by atoms with Crippen molar-refractivity contribution in [1.29, 1.82) is 0 Å². The lowest BCUT2D eigenvalue weighted by Gasteiger charge is -2.25. The first-order valence-electron chi connectivity index (χ1n) is 4.69. The molecule has 3 nitrogen and oxygen atoms in total. The second-order valence-electron chi connectivity index (χ2n) is 5.09. The summed E-state index contributed by atoms with van der Waals surface area (Å²) < 4.78 is 17.7. The van der Waals surface area contributed by atoms with E-state index in [9.17, 15) is 4.57 Å². The van der Waals surface area contributed by atoms with Crippen LogP contribution in [0.3, 0.4) is 0 Å². The fourth-order valence-electron chi connectivity index (χ4n) is 1.73. The fourth-order valence-corrected chi connectivity index (χ4v) is 5.42. The Bertz CT molecular complexity index is 239. The smallest absolute Gasteiger partial charge is 0.184 e. The van der Waals surface area contributed by atoms with Gasteiger partial charge in [0.15, 0.2) is 8.32 Å². The van der Waals surface area contributed by atoms with E-state index in [0.29, 0.717) is 12.3 Å². The molecule has 5 heteroatoms. The topological polar surface area (TPSA) is 52.3 Å². The van der Waals surface area contributed by atoms with Gasteiger partial charge in [-0.25, -0.2) is 0 Å². The molecule has 78 valence electrons. The maximum absolute atomic E-state index is 11.8. The zero-order valence-corrected chi connectivity index (χ0v) is 10.8. The van der Waals surface area contributed by atoms with Crippen LogP contribution in [0.5, 0.6) is 0 Å². The van der Waals surface area contributed by atoms with Crippen molar-refractivity contribution in [2.24, 2.45) is 5.73 Å². The fraction of sp³-hybridized carbons (Fsp3) is 1.00. The summed E-state index contributed by atoms with van der Waals surface area (Å²) >= 11 is 0. The second kappa shape index (κ2) is 3.50. The van der Waals surface area contributed by atoms with Crippen molar-refractivity contribution in [3.05, 3.63) is 0 Å². The summed E-state index contributed by atoms with van der Waals surface area (Å²) in [6, 6.07) is -0.0115. The molecule has 0 aromatic heterocycles. The largest absolute Gasteiger partial charge is 0.413 e. The van der Waals surface area contributed by atoms with E-state index in [4.69, 9.17) is 10.2 Å². The Kier molecular flexibility index (Phi) is 3.08. The van der Waals surface area contributed by atoms with Crippen molar-refractivity contribution in [2.75, 3.05) is 19.0 Å². The minimum atomic E-state index is -1.97. The molecular weight excluding hydrogens is 201 g/mol. The lowest BCUT2D eigenvalue weighted by atomic mass is 10.2. The Labute approximate surface area is 81.5 Å². The van der Waals surface area contributed by atoms with Gasteiger partial charge in [-0.05, 0) is 26.3 Å². The molecule has 0 aromatic carbocycles. The third-order valence-electron chi connectivity index (χ3n) is 2.15. The first kappa shape index (κ1) is 11.4. The normalized spacial score (nSPS) is 41.0. The van der Waals surface area contributed by atoms with Crippen LogP contribution in [-0.4, -0.2) is 39.5 Å². The summed E-state index contributed by atoms with van der Waals surface area (Å²) in [5.74, 6) is 0. The third-order valence-corrected chi connectivity index (χ3v) is 5.48. The average Bonchev–Trinajstić information content (AvgIpc) is 2.00. The van der Waals surface area contributed by atoms with Crippen molar-refractivity contribution < 1.29 is 8.99 Å². The molecule has 13 heavy (non-hydrogen) atoms.